The highest BCUT2D eigenvalue weighted by Gasteiger charge is 2.34. The molecule has 1 aliphatic rings. The largest absolute Gasteiger partial charge is 0.375 e. The topological polar surface area (TPSA) is 21.3 Å². The molecule has 0 spiro atoms. The first-order valence-corrected chi connectivity index (χ1v) is 7.78. The van der Waals surface area contributed by atoms with Gasteiger partial charge in [-0.2, -0.15) is 0 Å². The van der Waals surface area contributed by atoms with E-state index in [9.17, 15) is 0 Å². The van der Waals surface area contributed by atoms with E-state index in [2.05, 4.69) is 39.9 Å². The van der Waals surface area contributed by atoms with Gasteiger partial charge in [-0.05, 0) is 50.5 Å². The molecule has 0 saturated carbocycles. The van der Waals surface area contributed by atoms with E-state index in [0.717, 1.165) is 26.0 Å². The molecule has 0 amide bonds. The minimum atomic E-state index is 0.153. The molecule has 1 fully saturated rings. The van der Waals surface area contributed by atoms with Gasteiger partial charge >= 0.3 is 0 Å². The van der Waals surface area contributed by atoms with E-state index in [1.165, 1.54) is 25.7 Å². The third-order valence-corrected chi connectivity index (χ3v) is 4.32. The summed E-state index contributed by atoms with van der Waals surface area (Å²) in [5.74, 6) is 0. The monoisotopic (exact) mass is 255 g/mol. The van der Waals surface area contributed by atoms with E-state index < -0.39 is 0 Å². The average molecular weight is 255 g/mol. The van der Waals surface area contributed by atoms with Crippen molar-refractivity contribution in [3.8, 4) is 0 Å². The first kappa shape index (κ1) is 16.0. The van der Waals surface area contributed by atoms with E-state index in [1.54, 1.807) is 0 Å². The molecule has 1 unspecified atom stereocenters. The van der Waals surface area contributed by atoms with Crippen molar-refractivity contribution in [1.82, 2.24) is 5.32 Å². The van der Waals surface area contributed by atoms with Crippen LogP contribution in [0.2, 0.25) is 0 Å². The Labute approximate surface area is 114 Å². The van der Waals surface area contributed by atoms with Crippen molar-refractivity contribution in [3.63, 3.8) is 0 Å². The van der Waals surface area contributed by atoms with Crippen LogP contribution in [-0.2, 0) is 4.74 Å². The molecule has 2 heteroatoms. The van der Waals surface area contributed by atoms with Gasteiger partial charge in [0.15, 0.2) is 0 Å². The zero-order valence-electron chi connectivity index (χ0n) is 13.1. The number of hydrogen-bond acceptors (Lipinski definition) is 2. The molecule has 1 heterocycles. The summed E-state index contributed by atoms with van der Waals surface area (Å²) < 4.78 is 6.01. The second-order valence-corrected chi connectivity index (χ2v) is 7.05. The molecule has 0 aromatic carbocycles. The van der Waals surface area contributed by atoms with Crippen LogP contribution in [0.5, 0.6) is 0 Å². The molecule has 0 bridgehead atoms. The molecule has 1 atom stereocenters. The summed E-state index contributed by atoms with van der Waals surface area (Å²) >= 11 is 0. The molecule has 1 N–H and O–H groups in total. The first-order valence-electron chi connectivity index (χ1n) is 7.78. The number of ether oxygens (including phenoxy) is 1. The van der Waals surface area contributed by atoms with Crippen LogP contribution >= 0.6 is 0 Å². The predicted octanol–water partition coefficient (Wildman–Crippen LogP) is 4.14. The van der Waals surface area contributed by atoms with Gasteiger partial charge in [-0.3, -0.25) is 0 Å². The fraction of sp³-hybridized carbons (Fsp3) is 1.00. The summed E-state index contributed by atoms with van der Waals surface area (Å²) in [7, 11) is 0. The third kappa shape index (κ3) is 5.27. The van der Waals surface area contributed by atoms with Crippen molar-refractivity contribution in [2.45, 2.75) is 84.8 Å². The van der Waals surface area contributed by atoms with Gasteiger partial charge in [0, 0.05) is 12.6 Å². The molecule has 1 aliphatic heterocycles. The fourth-order valence-corrected chi connectivity index (χ4v) is 2.87. The Balaban J connectivity index is 2.26. The third-order valence-electron chi connectivity index (χ3n) is 4.32. The van der Waals surface area contributed by atoms with Crippen LogP contribution in [0.1, 0.15) is 73.1 Å². The second-order valence-electron chi connectivity index (χ2n) is 7.05. The van der Waals surface area contributed by atoms with Crippen molar-refractivity contribution in [1.29, 1.82) is 0 Å². The van der Waals surface area contributed by atoms with E-state index in [1.807, 2.05) is 0 Å². The van der Waals surface area contributed by atoms with Gasteiger partial charge in [0.05, 0.1) is 5.60 Å². The Morgan fingerprint density at radius 3 is 2.44 bits per heavy atom. The van der Waals surface area contributed by atoms with Crippen LogP contribution < -0.4 is 5.32 Å². The normalized spacial score (nSPS) is 24.2. The van der Waals surface area contributed by atoms with Crippen molar-refractivity contribution in [2.75, 3.05) is 13.2 Å². The maximum atomic E-state index is 6.01. The van der Waals surface area contributed by atoms with Gasteiger partial charge in [-0.1, -0.05) is 34.6 Å². The summed E-state index contributed by atoms with van der Waals surface area (Å²) in [6.07, 6.45) is 7.24. The van der Waals surface area contributed by atoms with Crippen LogP contribution in [0.15, 0.2) is 0 Å². The minimum Gasteiger partial charge on any atom is -0.375 e. The Morgan fingerprint density at radius 1 is 1.22 bits per heavy atom. The number of rotatable bonds is 6. The van der Waals surface area contributed by atoms with Gasteiger partial charge in [-0.25, -0.2) is 0 Å². The lowest BCUT2D eigenvalue weighted by Crippen LogP contribution is -2.46. The Bertz CT molecular complexity index is 228. The van der Waals surface area contributed by atoms with E-state index >= 15 is 0 Å². The van der Waals surface area contributed by atoms with Crippen molar-refractivity contribution < 1.29 is 4.74 Å². The summed E-state index contributed by atoms with van der Waals surface area (Å²) in [5, 5.41) is 3.74. The first-order chi connectivity index (χ1) is 8.41. The maximum absolute atomic E-state index is 6.01. The maximum Gasteiger partial charge on any atom is 0.0692 e. The Kier molecular flexibility index (Phi) is 6.13. The van der Waals surface area contributed by atoms with Crippen LogP contribution in [0.4, 0.5) is 0 Å². The van der Waals surface area contributed by atoms with Gasteiger partial charge in [0.25, 0.3) is 0 Å². The van der Waals surface area contributed by atoms with E-state index in [-0.39, 0.29) is 5.60 Å². The molecule has 0 radical (unpaired) electrons. The molecular formula is C16H33NO. The average Bonchev–Trinajstić information content (AvgIpc) is 2.34. The highest BCUT2D eigenvalue weighted by Crippen LogP contribution is 2.31. The standard InChI is InChI=1S/C16H33NO/c1-6-16(7-2)13-14(9-12-18-16)17-11-8-10-15(3,4)5/h14,17H,6-13H2,1-5H3. The van der Waals surface area contributed by atoms with Crippen molar-refractivity contribution in [2.24, 2.45) is 5.41 Å². The fourth-order valence-electron chi connectivity index (χ4n) is 2.87. The molecule has 0 aliphatic carbocycles. The van der Waals surface area contributed by atoms with Crippen molar-refractivity contribution in [3.05, 3.63) is 0 Å². The summed E-state index contributed by atoms with van der Waals surface area (Å²) in [5.41, 5.74) is 0.619. The molecular weight excluding hydrogens is 222 g/mol. The SMILES string of the molecule is CCC1(CC)CC(NCCCC(C)(C)C)CCO1. The van der Waals surface area contributed by atoms with Crippen LogP contribution in [-0.4, -0.2) is 24.8 Å². The van der Waals surface area contributed by atoms with Gasteiger partial charge in [-0.15, -0.1) is 0 Å². The zero-order valence-corrected chi connectivity index (χ0v) is 13.1. The minimum absolute atomic E-state index is 0.153. The quantitative estimate of drug-likeness (QED) is 0.720. The summed E-state index contributed by atoms with van der Waals surface area (Å²) in [6, 6.07) is 0.665. The predicted molar refractivity (Wildman–Crippen MR) is 79.0 cm³/mol. The Morgan fingerprint density at radius 2 is 1.89 bits per heavy atom. The number of nitrogens with one attached hydrogen (secondary N) is 1. The lowest BCUT2D eigenvalue weighted by atomic mass is 9.85. The zero-order chi connectivity index (χ0) is 13.6. The molecule has 1 rings (SSSR count). The molecule has 1 saturated heterocycles. The number of hydrogen-bond donors (Lipinski definition) is 1. The highest BCUT2D eigenvalue weighted by atomic mass is 16.5. The smallest absolute Gasteiger partial charge is 0.0692 e. The van der Waals surface area contributed by atoms with E-state index in [4.69, 9.17) is 4.74 Å². The summed E-state index contributed by atoms with van der Waals surface area (Å²) in [6.45, 7) is 13.6. The molecule has 18 heavy (non-hydrogen) atoms. The van der Waals surface area contributed by atoms with E-state index in [0.29, 0.717) is 11.5 Å². The van der Waals surface area contributed by atoms with Crippen LogP contribution in [0, 0.1) is 5.41 Å². The van der Waals surface area contributed by atoms with Crippen LogP contribution in [0.3, 0.4) is 0 Å². The van der Waals surface area contributed by atoms with Crippen LogP contribution in [0.25, 0.3) is 0 Å². The Hall–Kier alpha value is -0.0800. The lowest BCUT2D eigenvalue weighted by molar-refractivity contribution is -0.0930. The van der Waals surface area contributed by atoms with Gasteiger partial charge in [0.2, 0.25) is 0 Å². The van der Waals surface area contributed by atoms with Gasteiger partial charge < -0.3 is 10.1 Å². The highest BCUT2D eigenvalue weighted by molar-refractivity contribution is 4.88. The summed E-state index contributed by atoms with van der Waals surface area (Å²) in [4.78, 5) is 0. The van der Waals surface area contributed by atoms with Gasteiger partial charge in [0.1, 0.15) is 0 Å². The lowest BCUT2D eigenvalue weighted by Gasteiger charge is -2.40. The molecule has 108 valence electrons. The molecule has 0 aromatic rings. The molecule has 0 aromatic heterocycles. The van der Waals surface area contributed by atoms with Crippen molar-refractivity contribution >= 4 is 0 Å². The second kappa shape index (κ2) is 6.91. The molecule has 2 nitrogen and oxygen atoms in total.